The Kier molecular flexibility index (Phi) is 8.21. The monoisotopic (exact) mass is 468 g/mol. The van der Waals surface area contributed by atoms with Crippen LogP contribution < -0.4 is 0 Å². The molecule has 4 rings (SSSR count). The second-order valence-electron chi connectivity index (χ2n) is 9.14. The highest BCUT2D eigenvalue weighted by molar-refractivity contribution is 5.84. The van der Waals surface area contributed by atoms with Crippen molar-refractivity contribution in [3.05, 3.63) is 112 Å². The van der Waals surface area contributed by atoms with Gasteiger partial charge in [0.1, 0.15) is 17.7 Å². The zero-order valence-electron chi connectivity index (χ0n) is 20.2. The third-order valence-electron chi connectivity index (χ3n) is 6.56. The van der Waals surface area contributed by atoms with Gasteiger partial charge in [0.15, 0.2) is 0 Å². The molecule has 0 N–H and O–H groups in total. The predicted octanol–water partition coefficient (Wildman–Crippen LogP) is 7.69. The number of nitriles is 1. The van der Waals surface area contributed by atoms with Gasteiger partial charge >= 0.3 is 0 Å². The van der Waals surface area contributed by atoms with Crippen molar-refractivity contribution in [2.75, 3.05) is 0 Å². The molecule has 0 saturated carbocycles. The van der Waals surface area contributed by atoms with E-state index in [1.54, 1.807) is 6.07 Å². The molecule has 35 heavy (non-hydrogen) atoms. The summed E-state index contributed by atoms with van der Waals surface area (Å²) in [6.07, 6.45) is 9.45. The lowest BCUT2D eigenvalue weighted by Gasteiger charge is -2.09. The average Bonchev–Trinajstić information content (AvgIpc) is 2.88. The van der Waals surface area contributed by atoms with Crippen LogP contribution in [0.3, 0.4) is 0 Å². The van der Waals surface area contributed by atoms with Gasteiger partial charge in [0.2, 0.25) is 0 Å². The molecular weight excluding hydrogens is 438 g/mol. The van der Waals surface area contributed by atoms with Gasteiger partial charge in [-0.25, -0.2) is 8.78 Å². The van der Waals surface area contributed by atoms with Crippen LogP contribution in [0.4, 0.5) is 8.78 Å². The minimum absolute atomic E-state index is 0.0247. The first kappa shape index (κ1) is 24.5. The molecule has 0 amide bonds. The number of unbranched alkanes of at least 4 members (excludes halogenated alkanes) is 2. The maximum atomic E-state index is 15.2. The first-order valence-corrected chi connectivity index (χ1v) is 12.4. The number of hydrogen-bond donors (Lipinski definition) is 0. The second-order valence-corrected chi connectivity index (χ2v) is 9.14. The smallest absolute Gasteiger partial charge is 0.141 e. The van der Waals surface area contributed by atoms with Crippen LogP contribution in [-0.2, 0) is 32.1 Å². The molecule has 2 nitrogen and oxygen atoms in total. The highest BCUT2D eigenvalue weighted by Crippen LogP contribution is 2.24. The number of aromatic nitrogens is 1. The number of aryl methyl sites for hydroxylation is 5. The number of rotatable bonds is 10. The summed E-state index contributed by atoms with van der Waals surface area (Å²) in [6.45, 7) is 2.21. The van der Waals surface area contributed by atoms with E-state index in [0.29, 0.717) is 23.8 Å². The number of nitrogens with zero attached hydrogens (tertiary/aromatic N) is 2. The molecule has 0 saturated heterocycles. The highest BCUT2D eigenvalue weighted by atomic mass is 19.1. The minimum atomic E-state index is -0.533. The summed E-state index contributed by atoms with van der Waals surface area (Å²) in [6, 6.07) is 20.4. The van der Waals surface area contributed by atoms with Gasteiger partial charge in [-0.3, -0.25) is 4.98 Å². The molecule has 4 heteroatoms. The van der Waals surface area contributed by atoms with E-state index in [0.717, 1.165) is 41.5 Å². The van der Waals surface area contributed by atoms with Gasteiger partial charge < -0.3 is 0 Å². The molecule has 0 aliphatic rings. The lowest BCUT2D eigenvalue weighted by Crippen LogP contribution is -1.98. The Balaban J connectivity index is 1.38. The largest absolute Gasteiger partial charge is 0.261 e. The zero-order chi connectivity index (χ0) is 24.6. The fraction of sp³-hybridized carbons (Fsp3) is 0.290. The van der Waals surface area contributed by atoms with Crippen LogP contribution >= 0.6 is 0 Å². The quantitative estimate of drug-likeness (QED) is 0.224. The molecule has 0 unspecified atom stereocenters. The Morgan fingerprint density at radius 2 is 1.54 bits per heavy atom. The molecule has 3 aromatic carbocycles. The van der Waals surface area contributed by atoms with E-state index in [1.165, 1.54) is 37.0 Å². The summed E-state index contributed by atoms with van der Waals surface area (Å²) in [4.78, 5) is 4.62. The highest BCUT2D eigenvalue weighted by Gasteiger charge is 2.10. The molecule has 0 radical (unpaired) electrons. The van der Waals surface area contributed by atoms with Gasteiger partial charge in [-0.2, -0.15) is 5.26 Å². The molecule has 0 aliphatic heterocycles. The van der Waals surface area contributed by atoms with E-state index in [4.69, 9.17) is 5.26 Å². The first-order chi connectivity index (χ1) is 17.1. The summed E-state index contributed by atoms with van der Waals surface area (Å²) < 4.78 is 29.0. The molecule has 0 aliphatic carbocycles. The zero-order valence-corrected chi connectivity index (χ0v) is 20.2. The summed E-state index contributed by atoms with van der Waals surface area (Å²) in [5.74, 6) is -0.752. The summed E-state index contributed by atoms with van der Waals surface area (Å²) >= 11 is 0. The van der Waals surface area contributed by atoms with E-state index in [1.807, 2.05) is 36.5 Å². The van der Waals surface area contributed by atoms with Gasteiger partial charge in [0, 0.05) is 17.3 Å². The standard InChI is InChI=1S/C31H30F2N2/c1-2-3-4-5-24-9-16-28(35-21-24)15-8-22-10-17-29-26(18-22)14-13-25(31(29)33)11-6-23-7-12-27(20-34)30(32)19-23/h7,9-10,12-14,16-19,21H,2-6,8,11,15H2,1H3. The molecule has 178 valence electrons. The third-order valence-corrected chi connectivity index (χ3v) is 6.56. The lowest BCUT2D eigenvalue weighted by atomic mass is 9.97. The van der Waals surface area contributed by atoms with E-state index in [9.17, 15) is 4.39 Å². The normalized spacial score (nSPS) is 11.0. The Morgan fingerprint density at radius 1 is 0.771 bits per heavy atom. The number of halogens is 2. The molecule has 1 heterocycles. The fourth-order valence-electron chi connectivity index (χ4n) is 4.42. The molecule has 0 bridgehead atoms. The summed E-state index contributed by atoms with van der Waals surface area (Å²) in [5.41, 5.74) is 4.91. The van der Waals surface area contributed by atoms with Crippen molar-refractivity contribution < 1.29 is 8.78 Å². The lowest BCUT2D eigenvalue weighted by molar-refractivity contribution is 0.616. The van der Waals surface area contributed by atoms with Crippen LogP contribution in [0, 0.1) is 23.0 Å². The molecule has 0 fully saturated rings. The first-order valence-electron chi connectivity index (χ1n) is 12.4. The van der Waals surface area contributed by atoms with Crippen LogP contribution in [0.5, 0.6) is 0 Å². The second kappa shape index (κ2) is 11.7. The van der Waals surface area contributed by atoms with Crippen LogP contribution in [0.2, 0.25) is 0 Å². The number of benzene rings is 3. The molecule has 0 atom stereocenters. The maximum absolute atomic E-state index is 15.2. The van der Waals surface area contributed by atoms with Crippen LogP contribution in [-0.4, -0.2) is 4.98 Å². The average molecular weight is 469 g/mol. The molecule has 4 aromatic rings. The van der Waals surface area contributed by atoms with E-state index in [-0.39, 0.29) is 11.4 Å². The molecular formula is C31H30F2N2. The van der Waals surface area contributed by atoms with Gasteiger partial charge in [-0.15, -0.1) is 0 Å². The van der Waals surface area contributed by atoms with E-state index < -0.39 is 5.82 Å². The summed E-state index contributed by atoms with van der Waals surface area (Å²) in [7, 11) is 0. The minimum Gasteiger partial charge on any atom is -0.261 e. The van der Waals surface area contributed by atoms with Crippen LogP contribution in [0.1, 0.15) is 59.7 Å². The van der Waals surface area contributed by atoms with Crippen LogP contribution in [0.25, 0.3) is 10.8 Å². The Labute approximate surface area is 206 Å². The molecule has 0 spiro atoms. The summed E-state index contributed by atoms with van der Waals surface area (Å²) in [5, 5.41) is 10.4. The van der Waals surface area contributed by atoms with E-state index >= 15 is 4.39 Å². The van der Waals surface area contributed by atoms with Gasteiger partial charge in [-0.05, 0) is 84.4 Å². The number of fused-ring (bicyclic) bond motifs is 1. The van der Waals surface area contributed by atoms with Crippen molar-refractivity contribution >= 4 is 10.8 Å². The third kappa shape index (κ3) is 6.31. The SMILES string of the molecule is CCCCCc1ccc(CCc2ccc3c(F)c(CCc4ccc(C#N)c(F)c4)ccc3c2)nc1. The van der Waals surface area contributed by atoms with Gasteiger partial charge in [0.05, 0.1) is 5.56 Å². The van der Waals surface area contributed by atoms with Crippen LogP contribution in [0.15, 0.2) is 66.9 Å². The van der Waals surface area contributed by atoms with Crippen molar-refractivity contribution in [2.24, 2.45) is 0 Å². The van der Waals surface area contributed by atoms with E-state index in [2.05, 4.69) is 30.1 Å². The predicted molar refractivity (Wildman–Crippen MR) is 137 cm³/mol. The van der Waals surface area contributed by atoms with Gasteiger partial charge in [0.25, 0.3) is 0 Å². The van der Waals surface area contributed by atoms with Crippen molar-refractivity contribution in [2.45, 2.75) is 58.3 Å². The Hall–Kier alpha value is -3.58. The Morgan fingerprint density at radius 3 is 2.29 bits per heavy atom. The Bertz CT molecular complexity index is 1340. The van der Waals surface area contributed by atoms with Crippen molar-refractivity contribution in [1.82, 2.24) is 4.98 Å². The fourth-order valence-corrected chi connectivity index (χ4v) is 4.42. The van der Waals surface area contributed by atoms with Crippen molar-refractivity contribution in [3.8, 4) is 6.07 Å². The van der Waals surface area contributed by atoms with Crippen molar-refractivity contribution in [3.63, 3.8) is 0 Å². The molecule has 1 aromatic heterocycles. The number of pyridine rings is 1. The topological polar surface area (TPSA) is 36.7 Å². The maximum Gasteiger partial charge on any atom is 0.141 e. The van der Waals surface area contributed by atoms with Crippen molar-refractivity contribution in [1.29, 1.82) is 5.26 Å². The van der Waals surface area contributed by atoms with Gasteiger partial charge in [-0.1, -0.05) is 62.2 Å². The number of hydrogen-bond acceptors (Lipinski definition) is 2.